The maximum atomic E-state index is 5.97. The normalized spacial score (nSPS) is 31.3. The maximum absolute atomic E-state index is 5.97. The second kappa shape index (κ2) is 5.48. The molecule has 0 saturated carbocycles. The Labute approximate surface area is 100 Å². The van der Waals surface area contributed by atoms with Crippen LogP contribution in [-0.2, 0) is 4.74 Å². The Morgan fingerprint density at radius 3 is 2.69 bits per heavy atom. The molecule has 2 N–H and O–H groups in total. The maximum Gasteiger partial charge on any atom is 0.0777 e. The zero-order chi connectivity index (χ0) is 12.2. The van der Waals surface area contributed by atoms with Crippen LogP contribution in [0.1, 0.15) is 46.5 Å². The third-order valence-electron chi connectivity index (χ3n) is 4.14. The van der Waals surface area contributed by atoms with E-state index in [1.807, 2.05) is 7.11 Å². The Balaban J connectivity index is 2.71. The van der Waals surface area contributed by atoms with Crippen molar-refractivity contribution >= 4 is 0 Å². The van der Waals surface area contributed by atoms with E-state index in [-0.39, 0.29) is 11.1 Å². The molecule has 96 valence electrons. The topological polar surface area (TPSA) is 38.5 Å². The van der Waals surface area contributed by atoms with Crippen molar-refractivity contribution < 1.29 is 4.74 Å². The largest absolute Gasteiger partial charge is 0.377 e. The van der Waals surface area contributed by atoms with Crippen LogP contribution >= 0.6 is 0 Å². The average Bonchev–Trinajstić information content (AvgIpc) is 2.29. The van der Waals surface area contributed by atoms with Crippen molar-refractivity contribution in [2.24, 2.45) is 5.73 Å². The van der Waals surface area contributed by atoms with Gasteiger partial charge in [0.1, 0.15) is 0 Å². The lowest BCUT2D eigenvalue weighted by Gasteiger charge is -2.48. The van der Waals surface area contributed by atoms with Crippen molar-refractivity contribution in [3.63, 3.8) is 0 Å². The first-order chi connectivity index (χ1) is 7.49. The second-order valence-corrected chi connectivity index (χ2v) is 5.63. The van der Waals surface area contributed by atoms with Gasteiger partial charge in [0.15, 0.2) is 0 Å². The van der Waals surface area contributed by atoms with Crippen LogP contribution in [0.15, 0.2) is 0 Å². The predicted octanol–water partition coefficient (Wildman–Crippen LogP) is 2.00. The van der Waals surface area contributed by atoms with Gasteiger partial charge in [0.05, 0.1) is 5.60 Å². The summed E-state index contributed by atoms with van der Waals surface area (Å²) in [4.78, 5) is 2.53. The molecule has 0 amide bonds. The molecule has 1 aliphatic rings. The quantitative estimate of drug-likeness (QED) is 0.782. The van der Waals surface area contributed by atoms with Gasteiger partial charge in [0, 0.05) is 25.7 Å². The minimum atomic E-state index is 0.0163. The van der Waals surface area contributed by atoms with Crippen LogP contribution in [0, 0.1) is 0 Å². The fourth-order valence-electron chi connectivity index (χ4n) is 2.76. The summed E-state index contributed by atoms with van der Waals surface area (Å²) in [5.41, 5.74) is 6.14. The van der Waals surface area contributed by atoms with Crippen LogP contribution in [0.4, 0.5) is 0 Å². The molecule has 1 rings (SSSR count). The number of hydrogen-bond donors (Lipinski definition) is 1. The minimum absolute atomic E-state index is 0.0163. The van der Waals surface area contributed by atoms with E-state index in [0.717, 1.165) is 26.1 Å². The summed E-state index contributed by atoms with van der Waals surface area (Å²) in [5.74, 6) is 0. The van der Waals surface area contributed by atoms with Crippen molar-refractivity contribution in [1.29, 1.82) is 0 Å². The van der Waals surface area contributed by atoms with Crippen LogP contribution in [0.3, 0.4) is 0 Å². The van der Waals surface area contributed by atoms with E-state index in [1.165, 1.54) is 19.3 Å². The van der Waals surface area contributed by atoms with Crippen molar-refractivity contribution in [1.82, 2.24) is 4.90 Å². The Kier molecular flexibility index (Phi) is 4.77. The molecule has 3 heteroatoms. The lowest BCUT2D eigenvalue weighted by atomic mass is 9.87. The summed E-state index contributed by atoms with van der Waals surface area (Å²) in [7, 11) is 1.82. The summed E-state index contributed by atoms with van der Waals surface area (Å²) >= 11 is 0. The molecule has 0 aromatic heterocycles. The van der Waals surface area contributed by atoms with Gasteiger partial charge in [0.2, 0.25) is 0 Å². The van der Waals surface area contributed by atoms with Gasteiger partial charge < -0.3 is 10.5 Å². The number of rotatable bonds is 5. The number of nitrogens with two attached hydrogens (primary N) is 1. The Morgan fingerprint density at radius 1 is 1.50 bits per heavy atom. The molecule has 0 bridgehead atoms. The van der Waals surface area contributed by atoms with Gasteiger partial charge in [-0.2, -0.15) is 0 Å². The van der Waals surface area contributed by atoms with Gasteiger partial charge in [0.25, 0.3) is 0 Å². The van der Waals surface area contributed by atoms with E-state index in [9.17, 15) is 0 Å². The highest BCUT2D eigenvalue weighted by molar-refractivity contribution is 4.94. The molecule has 0 radical (unpaired) electrons. The van der Waals surface area contributed by atoms with Gasteiger partial charge >= 0.3 is 0 Å². The molecule has 16 heavy (non-hydrogen) atoms. The van der Waals surface area contributed by atoms with Crippen LogP contribution < -0.4 is 5.73 Å². The van der Waals surface area contributed by atoms with E-state index in [2.05, 4.69) is 25.7 Å². The highest BCUT2D eigenvalue weighted by atomic mass is 16.5. The first kappa shape index (κ1) is 13.9. The van der Waals surface area contributed by atoms with E-state index in [0.29, 0.717) is 0 Å². The smallest absolute Gasteiger partial charge is 0.0777 e. The molecular formula is C13H28N2O. The molecule has 1 aliphatic heterocycles. The van der Waals surface area contributed by atoms with Crippen molar-refractivity contribution in [2.45, 2.75) is 57.6 Å². The lowest BCUT2D eigenvalue weighted by Crippen LogP contribution is -2.59. The standard InChI is InChI=1S/C13H28N2O/c1-5-7-12(2,10-14)15-9-6-8-13(3,11-15)16-4/h5-11,14H2,1-4H3. The van der Waals surface area contributed by atoms with Crippen LogP contribution in [0.5, 0.6) is 0 Å². The summed E-state index contributed by atoms with van der Waals surface area (Å²) < 4.78 is 5.64. The molecule has 3 nitrogen and oxygen atoms in total. The van der Waals surface area contributed by atoms with E-state index < -0.39 is 0 Å². The monoisotopic (exact) mass is 228 g/mol. The van der Waals surface area contributed by atoms with Crippen LogP contribution in [0.2, 0.25) is 0 Å². The fraction of sp³-hybridized carbons (Fsp3) is 1.00. The second-order valence-electron chi connectivity index (χ2n) is 5.63. The Hall–Kier alpha value is -0.120. The number of ether oxygens (including phenoxy) is 1. The Bertz CT molecular complexity index is 222. The van der Waals surface area contributed by atoms with Crippen molar-refractivity contribution in [3.8, 4) is 0 Å². The fourth-order valence-corrected chi connectivity index (χ4v) is 2.76. The van der Waals surface area contributed by atoms with Gasteiger partial charge in [-0.05, 0) is 39.7 Å². The SMILES string of the molecule is CCCC(C)(CN)N1CCCC(C)(OC)C1. The number of nitrogens with zero attached hydrogens (tertiary/aromatic N) is 1. The molecule has 0 aromatic carbocycles. The number of likely N-dealkylation sites (tertiary alicyclic amines) is 1. The highest BCUT2D eigenvalue weighted by Gasteiger charge is 2.38. The van der Waals surface area contributed by atoms with Crippen LogP contribution in [0.25, 0.3) is 0 Å². The molecular weight excluding hydrogens is 200 g/mol. The number of hydrogen-bond acceptors (Lipinski definition) is 3. The zero-order valence-electron chi connectivity index (χ0n) is 11.4. The van der Waals surface area contributed by atoms with Gasteiger partial charge in [-0.3, -0.25) is 4.90 Å². The molecule has 0 aliphatic carbocycles. The minimum Gasteiger partial charge on any atom is -0.377 e. The Morgan fingerprint density at radius 2 is 2.19 bits per heavy atom. The lowest BCUT2D eigenvalue weighted by molar-refractivity contribution is -0.0783. The first-order valence-corrected chi connectivity index (χ1v) is 6.50. The van der Waals surface area contributed by atoms with Crippen molar-refractivity contribution in [2.75, 3.05) is 26.7 Å². The summed E-state index contributed by atoms with van der Waals surface area (Å²) in [6.07, 6.45) is 4.73. The zero-order valence-corrected chi connectivity index (χ0v) is 11.4. The molecule has 1 fully saturated rings. The highest BCUT2D eigenvalue weighted by Crippen LogP contribution is 2.30. The molecule has 2 atom stereocenters. The molecule has 1 saturated heterocycles. The van der Waals surface area contributed by atoms with Gasteiger partial charge in [-0.1, -0.05) is 13.3 Å². The number of methoxy groups -OCH3 is 1. The number of piperidine rings is 1. The first-order valence-electron chi connectivity index (χ1n) is 6.50. The van der Waals surface area contributed by atoms with Gasteiger partial charge in [-0.25, -0.2) is 0 Å². The van der Waals surface area contributed by atoms with E-state index in [1.54, 1.807) is 0 Å². The predicted molar refractivity (Wildman–Crippen MR) is 68.6 cm³/mol. The third kappa shape index (κ3) is 2.96. The van der Waals surface area contributed by atoms with E-state index >= 15 is 0 Å². The summed E-state index contributed by atoms with van der Waals surface area (Å²) in [6.45, 7) is 9.64. The summed E-state index contributed by atoms with van der Waals surface area (Å²) in [6, 6.07) is 0. The molecule has 2 unspecified atom stereocenters. The average molecular weight is 228 g/mol. The van der Waals surface area contributed by atoms with Gasteiger partial charge in [-0.15, -0.1) is 0 Å². The van der Waals surface area contributed by atoms with Crippen molar-refractivity contribution in [3.05, 3.63) is 0 Å². The molecule has 0 spiro atoms. The third-order valence-corrected chi connectivity index (χ3v) is 4.14. The molecule has 0 aromatic rings. The van der Waals surface area contributed by atoms with E-state index in [4.69, 9.17) is 10.5 Å². The molecule has 1 heterocycles. The van der Waals surface area contributed by atoms with Crippen LogP contribution in [-0.4, -0.2) is 42.8 Å². The summed E-state index contributed by atoms with van der Waals surface area (Å²) in [5, 5.41) is 0.